The Morgan fingerprint density at radius 1 is 1.26 bits per heavy atom. The standard InChI is InChI=1S/C15H14F3N3O2/c1-9-4-3-5-10(6-9)11-7-12(15(16,17)18)20-14(19-11)21(2)8-13(22)23/h3-7H,8H2,1-2H3,(H,22,23). The number of halogens is 3. The van der Waals surface area contributed by atoms with Gasteiger partial charge >= 0.3 is 12.1 Å². The minimum Gasteiger partial charge on any atom is -0.480 e. The molecule has 1 aromatic carbocycles. The predicted octanol–water partition coefficient (Wildman–Crippen LogP) is 2.99. The lowest BCUT2D eigenvalue weighted by molar-refractivity contribution is -0.141. The van der Waals surface area contributed by atoms with Crippen LogP contribution in [0.15, 0.2) is 30.3 Å². The van der Waals surface area contributed by atoms with Gasteiger partial charge in [0.15, 0.2) is 5.69 Å². The largest absolute Gasteiger partial charge is 0.480 e. The van der Waals surface area contributed by atoms with Crippen molar-refractivity contribution < 1.29 is 23.1 Å². The first kappa shape index (κ1) is 16.7. The number of alkyl halides is 3. The van der Waals surface area contributed by atoms with Crippen LogP contribution in [-0.2, 0) is 11.0 Å². The molecule has 1 heterocycles. The van der Waals surface area contributed by atoms with Crippen molar-refractivity contribution in [2.24, 2.45) is 0 Å². The molecule has 0 saturated heterocycles. The average Bonchev–Trinajstić information content (AvgIpc) is 2.45. The fraction of sp³-hybridized carbons (Fsp3) is 0.267. The van der Waals surface area contributed by atoms with Gasteiger partial charge in [0.25, 0.3) is 0 Å². The van der Waals surface area contributed by atoms with Crippen molar-refractivity contribution in [2.45, 2.75) is 13.1 Å². The first-order valence-corrected chi connectivity index (χ1v) is 6.63. The molecule has 5 nitrogen and oxygen atoms in total. The third kappa shape index (κ3) is 4.18. The Kier molecular flexibility index (Phi) is 4.53. The van der Waals surface area contributed by atoms with Gasteiger partial charge in [0.1, 0.15) is 6.54 Å². The molecule has 122 valence electrons. The van der Waals surface area contributed by atoms with Crippen LogP contribution in [-0.4, -0.2) is 34.6 Å². The van der Waals surface area contributed by atoms with Crippen LogP contribution in [0.25, 0.3) is 11.3 Å². The van der Waals surface area contributed by atoms with E-state index in [1.165, 1.54) is 7.05 Å². The van der Waals surface area contributed by atoms with Crippen LogP contribution >= 0.6 is 0 Å². The minimum atomic E-state index is -4.65. The number of likely N-dealkylation sites (N-methyl/N-ethyl adjacent to an activating group) is 1. The lowest BCUT2D eigenvalue weighted by Crippen LogP contribution is -2.28. The summed E-state index contributed by atoms with van der Waals surface area (Å²) in [6, 6.07) is 7.71. The average molecular weight is 325 g/mol. The summed E-state index contributed by atoms with van der Waals surface area (Å²) in [4.78, 5) is 19.3. The highest BCUT2D eigenvalue weighted by molar-refractivity contribution is 5.73. The molecule has 0 amide bonds. The van der Waals surface area contributed by atoms with E-state index >= 15 is 0 Å². The number of aryl methyl sites for hydroxylation is 1. The van der Waals surface area contributed by atoms with E-state index in [0.29, 0.717) is 5.56 Å². The van der Waals surface area contributed by atoms with Crippen molar-refractivity contribution in [3.8, 4) is 11.3 Å². The van der Waals surface area contributed by atoms with Gasteiger partial charge in [0.05, 0.1) is 5.69 Å². The summed E-state index contributed by atoms with van der Waals surface area (Å²) >= 11 is 0. The number of carbonyl (C=O) groups is 1. The number of nitrogens with zero attached hydrogens (tertiary/aromatic N) is 3. The van der Waals surface area contributed by atoms with Crippen LogP contribution < -0.4 is 4.90 Å². The summed E-state index contributed by atoms with van der Waals surface area (Å²) in [5, 5.41) is 8.78. The van der Waals surface area contributed by atoms with Gasteiger partial charge < -0.3 is 10.0 Å². The quantitative estimate of drug-likeness (QED) is 0.936. The van der Waals surface area contributed by atoms with Gasteiger partial charge in [0, 0.05) is 12.6 Å². The van der Waals surface area contributed by atoms with Gasteiger partial charge in [0.2, 0.25) is 5.95 Å². The predicted molar refractivity (Wildman–Crippen MR) is 78.1 cm³/mol. The number of carboxylic acid groups (broad SMARTS) is 1. The van der Waals surface area contributed by atoms with Gasteiger partial charge in [-0.25, -0.2) is 9.97 Å². The second-order valence-electron chi connectivity index (χ2n) is 5.06. The number of aliphatic carboxylic acids is 1. The highest BCUT2D eigenvalue weighted by Gasteiger charge is 2.34. The van der Waals surface area contributed by atoms with Crippen LogP contribution in [0.2, 0.25) is 0 Å². The maximum atomic E-state index is 13.0. The van der Waals surface area contributed by atoms with Crippen molar-refractivity contribution in [3.05, 3.63) is 41.6 Å². The smallest absolute Gasteiger partial charge is 0.433 e. The number of anilines is 1. The molecule has 0 saturated carbocycles. The van der Waals surface area contributed by atoms with E-state index in [9.17, 15) is 18.0 Å². The van der Waals surface area contributed by atoms with E-state index in [0.717, 1.165) is 16.5 Å². The maximum absolute atomic E-state index is 13.0. The van der Waals surface area contributed by atoms with E-state index in [-0.39, 0.29) is 11.6 Å². The Morgan fingerprint density at radius 3 is 2.52 bits per heavy atom. The van der Waals surface area contributed by atoms with Crippen LogP contribution in [0.3, 0.4) is 0 Å². The molecule has 1 N–H and O–H groups in total. The monoisotopic (exact) mass is 325 g/mol. The maximum Gasteiger partial charge on any atom is 0.433 e. The molecule has 23 heavy (non-hydrogen) atoms. The van der Waals surface area contributed by atoms with Gasteiger partial charge in [-0.2, -0.15) is 13.2 Å². The first-order chi connectivity index (χ1) is 10.7. The third-order valence-corrected chi connectivity index (χ3v) is 3.03. The van der Waals surface area contributed by atoms with Crippen LogP contribution in [0.1, 0.15) is 11.3 Å². The first-order valence-electron chi connectivity index (χ1n) is 6.63. The summed E-state index contributed by atoms with van der Waals surface area (Å²) in [6.07, 6.45) is -4.65. The lowest BCUT2D eigenvalue weighted by atomic mass is 10.1. The minimum absolute atomic E-state index is 0.0864. The molecule has 0 bridgehead atoms. The molecule has 0 fully saturated rings. The number of aromatic nitrogens is 2. The summed E-state index contributed by atoms with van der Waals surface area (Å²) in [7, 11) is 1.32. The summed E-state index contributed by atoms with van der Waals surface area (Å²) in [5.74, 6) is -1.48. The Balaban J connectivity index is 2.56. The number of benzene rings is 1. The molecule has 8 heteroatoms. The molecule has 0 aliphatic carbocycles. The fourth-order valence-corrected chi connectivity index (χ4v) is 1.98. The van der Waals surface area contributed by atoms with Crippen molar-refractivity contribution in [1.29, 1.82) is 0 Å². The Labute approximate surface area is 130 Å². The van der Waals surface area contributed by atoms with E-state index in [1.807, 2.05) is 13.0 Å². The SMILES string of the molecule is Cc1cccc(-c2cc(C(F)(F)F)nc(N(C)CC(=O)O)n2)c1. The summed E-state index contributed by atoms with van der Waals surface area (Å²) in [6.45, 7) is 1.31. The normalized spacial score (nSPS) is 11.3. The third-order valence-electron chi connectivity index (χ3n) is 3.03. The molecule has 0 unspecified atom stereocenters. The number of rotatable bonds is 4. The fourth-order valence-electron chi connectivity index (χ4n) is 1.98. The van der Waals surface area contributed by atoms with Gasteiger partial charge in [-0.05, 0) is 19.1 Å². The molecule has 0 radical (unpaired) electrons. The van der Waals surface area contributed by atoms with Crippen molar-refractivity contribution in [1.82, 2.24) is 9.97 Å². The second-order valence-corrected chi connectivity index (χ2v) is 5.06. The van der Waals surface area contributed by atoms with E-state index < -0.39 is 24.4 Å². The van der Waals surface area contributed by atoms with E-state index in [2.05, 4.69) is 9.97 Å². The molecular formula is C15H14F3N3O2. The lowest BCUT2D eigenvalue weighted by Gasteiger charge is -2.17. The van der Waals surface area contributed by atoms with Crippen LogP contribution in [0, 0.1) is 6.92 Å². The highest BCUT2D eigenvalue weighted by atomic mass is 19.4. The van der Waals surface area contributed by atoms with Crippen LogP contribution in [0.4, 0.5) is 19.1 Å². The number of hydrogen-bond acceptors (Lipinski definition) is 4. The van der Waals surface area contributed by atoms with E-state index in [1.54, 1.807) is 18.2 Å². The zero-order chi connectivity index (χ0) is 17.2. The van der Waals surface area contributed by atoms with Gasteiger partial charge in [-0.1, -0.05) is 23.8 Å². The van der Waals surface area contributed by atoms with Crippen LogP contribution in [0.5, 0.6) is 0 Å². The van der Waals surface area contributed by atoms with E-state index in [4.69, 9.17) is 5.11 Å². The van der Waals surface area contributed by atoms with Crippen molar-refractivity contribution >= 4 is 11.9 Å². The molecule has 1 aromatic heterocycles. The summed E-state index contributed by atoms with van der Waals surface area (Å²) < 4.78 is 39.1. The topological polar surface area (TPSA) is 66.3 Å². The summed E-state index contributed by atoms with van der Waals surface area (Å²) in [5.41, 5.74) is 0.345. The number of carboxylic acids is 1. The highest BCUT2D eigenvalue weighted by Crippen LogP contribution is 2.31. The molecule has 0 spiro atoms. The molecule has 0 aliphatic heterocycles. The van der Waals surface area contributed by atoms with Crippen molar-refractivity contribution in [3.63, 3.8) is 0 Å². The zero-order valence-electron chi connectivity index (χ0n) is 12.4. The number of hydrogen-bond donors (Lipinski definition) is 1. The molecule has 0 aliphatic rings. The second kappa shape index (κ2) is 6.23. The molecule has 2 aromatic rings. The Morgan fingerprint density at radius 2 is 1.96 bits per heavy atom. The Bertz CT molecular complexity index is 732. The molecular weight excluding hydrogens is 311 g/mol. The van der Waals surface area contributed by atoms with Gasteiger partial charge in [-0.3, -0.25) is 4.79 Å². The van der Waals surface area contributed by atoms with Crippen molar-refractivity contribution in [2.75, 3.05) is 18.5 Å². The molecule has 2 rings (SSSR count). The zero-order valence-corrected chi connectivity index (χ0v) is 12.4. The van der Waals surface area contributed by atoms with Gasteiger partial charge in [-0.15, -0.1) is 0 Å². The molecule has 0 atom stereocenters. The Hall–Kier alpha value is -2.64.